The summed E-state index contributed by atoms with van der Waals surface area (Å²) in [5.74, 6) is -1.31. The van der Waals surface area contributed by atoms with E-state index in [1.807, 2.05) is 32.7 Å². The molecule has 0 unspecified atom stereocenters. The van der Waals surface area contributed by atoms with Crippen LogP contribution in [0.5, 0.6) is 5.75 Å². The molecule has 1 aliphatic carbocycles. The Morgan fingerprint density at radius 3 is 2.50 bits per heavy atom. The molecule has 1 saturated carbocycles. The average molecular weight is 429 g/mol. The fourth-order valence-corrected chi connectivity index (χ4v) is 3.57. The first-order valence-corrected chi connectivity index (χ1v) is 9.95. The summed E-state index contributed by atoms with van der Waals surface area (Å²) in [6, 6.07) is 3.12. The summed E-state index contributed by atoms with van der Waals surface area (Å²) in [7, 11) is 1.91. The van der Waals surface area contributed by atoms with E-state index < -0.39 is 24.1 Å². The first kappa shape index (κ1) is 24.0. The monoisotopic (exact) mass is 429 g/mol. The van der Waals surface area contributed by atoms with Gasteiger partial charge < -0.3 is 15.4 Å². The number of benzene rings is 1. The maximum Gasteiger partial charge on any atom is 0.387 e. The molecule has 0 aliphatic heterocycles. The summed E-state index contributed by atoms with van der Waals surface area (Å²) in [4.78, 5) is 26.2. The molecule has 1 fully saturated rings. The molecule has 0 saturated heterocycles. The van der Waals surface area contributed by atoms with Crippen molar-refractivity contribution in [2.24, 2.45) is 11.8 Å². The van der Waals surface area contributed by atoms with Crippen molar-refractivity contribution in [1.29, 1.82) is 0 Å². The van der Waals surface area contributed by atoms with Crippen molar-refractivity contribution in [3.63, 3.8) is 0 Å². The Labute approximate surface area is 175 Å². The van der Waals surface area contributed by atoms with Gasteiger partial charge in [0.15, 0.2) is 11.6 Å². The van der Waals surface area contributed by atoms with Crippen LogP contribution in [0.1, 0.15) is 44.0 Å². The lowest BCUT2D eigenvalue weighted by Crippen LogP contribution is -2.47. The highest BCUT2D eigenvalue weighted by atomic mass is 19.3. The summed E-state index contributed by atoms with van der Waals surface area (Å²) in [5.41, 5.74) is -0.193. The van der Waals surface area contributed by atoms with Crippen molar-refractivity contribution >= 4 is 11.8 Å². The Hall–Kier alpha value is -2.29. The molecule has 0 bridgehead atoms. The molecule has 1 aromatic carbocycles. The summed E-state index contributed by atoms with van der Waals surface area (Å²) in [6.45, 7) is 4.24. The van der Waals surface area contributed by atoms with E-state index in [2.05, 4.69) is 15.4 Å². The molecular formula is C21H30F3N3O3. The third-order valence-electron chi connectivity index (χ3n) is 4.79. The number of hydrogen-bond acceptors (Lipinski definition) is 4. The summed E-state index contributed by atoms with van der Waals surface area (Å²) in [6.07, 6.45) is 1.85. The molecule has 2 N–H and O–H groups in total. The van der Waals surface area contributed by atoms with Gasteiger partial charge in [-0.2, -0.15) is 8.78 Å². The van der Waals surface area contributed by atoms with Crippen molar-refractivity contribution in [3.05, 3.63) is 29.6 Å². The van der Waals surface area contributed by atoms with Crippen molar-refractivity contribution < 1.29 is 27.5 Å². The molecular weight excluding hydrogens is 399 g/mol. The fourth-order valence-electron chi connectivity index (χ4n) is 3.57. The van der Waals surface area contributed by atoms with E-state index in [4.69, 9.17) is 0 Å². The van der Waals surface area contributed by atoms with Gasteiger partial charge in [0.05, 0.1) is 6.54 Å². The highest BCUT2D eigenvalue weighted by molar-refractivity contribution is 5.94. The summed E-state index contributed by atoms with van der Waals surface area (Å²) in [5, 5.41) is 5.68. The van der Waals surface area contributed by atoms with Gasteiger partial charge in [0, 0.05) is 24.2 Å². The molecule has 0 spiro atoms. The van der Waals surface area contributed by atoms with E-state index in [9.17, 15) is 22.8 Å². The minimum Gasteiger partial charge on any atom is -0.432 e. The van der Waals surface area contributed by atoms with Gasteiger partial charge in [-0.25, -0.2) is 4.39 Å². The predicted octanol–water partition coefficient (Wildman–Crippen LogP) is 3.03. The number of carbonyl (C=O) groups excluding carboxylic acids is 2. The SMILES string of the molecule is CN(CC(=O)NC(C)(C)C)C[C@H]1C[C@@H](CNC(=O)c2ccc(F)c(OC(F)F)c2)C1. The molecule has 0 aromatic heterocycles. The normalized spacial score (nSPS) is 18.8. The third kappa shape index (κ3) is 7.85. The Morgan fingerprint density at radius 2 is 1.90 bits per heavy atom. The zero-order chi connectivity index (χ0) is 22.5. The van der Waals surface area contributed by atoms with Crippen LogP contribution in [-0.4, -0.2) is 55.5 Å². The van der Waals surface area contributed by atoms with E-state index in [1.54, 1.807) is 0 Å². The number of nitrogens with zero attached hydrogens (tertiary/aromatic N) is 1. The smallest absolute Gasteiger partial charge is 0.387 e. The van der Waals surface area contributed by atoms with Gasteiger partial charge in [-0.15, -0.1) is 0 Å². The van der Waals surface area contributed by atoms with E-state index >= 15 is 0 Å². The first-order valence-electron chi connectivity index (χ1n) is 9.95. The Morgan fingerprint density at radius 1 is 1.23 bits per heavy atom. The number of rotatable bonds is 9. The third-order valence-corrected chi connectivity index (χ3v) is 4.79. The maximum absolute atomic E-state index is 13.5. The molecule has 1 aliphatic rings. The topological polar surface area (TPSA) is 70.7 Å². The Bertz CT molecular complexity index is 747. The molecule has 0 heterocycles. The largest absolute Gasteiger partial charge is 0.432 e. The van der Waals surface area contributed by atoms with Crippen LogP contribution in [-0.2, 0) is 4.79 Å². The lowest BCUT2D eigenvalue weighted by atomic mass is 9.74. The molecule has 0 radical (unpaired) electrons. The molecule has 30 heavy (non-hydrogen) atoms. The lowest BCUT2D eigenvalue weighted by molar-refractivity contribution is -0.123. The van der Waals surface area contributed by atoms with Crippen molar-refractivity contribution in [2.75, 3.05) is 26.7 Å². The first-order chi connectivity index (χ1) is 13.9. The highest BCUT2D eigenvalue weighted by Gasteiger charge is 2.30. The number of likely N-dealkylation sites (N-methyl/N-ethyl adjacent to an activating group) is 1. The second-order valence-electron chi connectivity index (χ2n) is 8.93. The summed E-state index contributed by atoms with van der Waals surface area (Å²) < 4.78 is 42.1. The van der Waals surface area contributed by atoms with Crippen molar-refractivity contribution in [3.8, 4) is 5.75 Å². The predicted molar refractivity (Wildman–Crippen MR) is 107 cm³/mol. The van der Waals surface area contributed by atoms with Gasteiger partial charge >= 0.3 is 6.61 Å². The van der Waals surface area contributed by atoms with Gasteiger partial charge in [-0.3, -0.25) is 14.5 Å². The molecule has 2 amide bonds. The van der Waals surface area contributed by atoms with E-state index in [0.29, 0.717) is 24.9 Å². The second-order valence-corrected chi connectivity index (χ2v) is 8.93. The van der Waals surface area contributed by atoms with Crippen molar-refractivity contribution in [1.82, 2.24) is 15.5 Å². The van der Waals surface area contributed by atoms with Gasteiger partial charge in [0.2, 0.25) is 5.91 Å². The quantitative estimate of drug-likeness (QED) is 0.633. The number of carbonyl (C=O) groups is 2. The molecule has 2 rings (SSSR count). The standard InChI is InChI=1S/C21H30F3N3O3/c1-21(2,3)26-18(28)12-27(4)11-14-7-13(8-14)10-25-19(29)15-5-6-16(22)17(9-15)30-20(23)24/h5-6,9,13-14,20H,7-8,10-12H2,1-4H3,(H,25,29)(H,26,28)/t13-,14+. The van der Waals surface area contributed by atoms with Crippen LogP contribution in [0, 0.1) is 17.7 Å². The van der Waals surface area contributed by atoms with Crippen LogP contribution in [0.2, 0.25) is 0 Å². The van der Waals surface area contributed by atoms with E-state index in [-0.39, 0.29) is 17.0 Å². The number of amides is 2. The van der Waals surface area contributed by atoms with Crippen LogP contribution >= 0.6 is 0 Å². The fraction of sp³-hybridized carbons (Fsp3) is 0.619. The number of nitrogens with one attached hydrogen (secondary N) is 2. The maximum atomic E-state index is 13.5. The number of hydrogen-bond donors (Lipinski definition) is 2. The zero-order valence-electron chi connectivity index (χ0n) is 17.8. The van der Waals surface area contributed by atoms with Crippen LogP contribution < -0.4 is 15.4 Å². The van der Waals surface area contributed by atoms with E-state index in [0.717, 1.165) is 31.5 Å². The molecule has 0 atom stereocenters. The van der Waals surface area contributed by atoms with Gasteiger partial charge in [0.1, 0.15) is 0 Å². The van der Waals surface area contributed by atoms with Crippen LogP contribution in [0.15, 0.2) is 18.2 Å². The molecule has 6 nitrogen and oxygen atoms in total. The average Bonchev–Trinajstić information content (AvgIpc) is 2.56. The molecule has 168 valence electrons. The van der Waals surface area contributed by atoms with Gasteiger partial charge in [-0.1, -0.05) is 0 Å². The number of alkyl halides is 2. The van der Waals surface area contributed by atoms with Crippen LogP contribution in [0.3, 0.4) is 0 Å². The second kappa shape index (κ2) is 10.1. The number of ether oxygens (including phenoxy) is 1. The summed E-state index contributed by atoms with van der Waals surface area (Å²) >= 11 is 0. The molecule has 9 heteroatoms. The van der Waals surface area contributed by atoms with Crippen molar-refractivity contribution in [2.45, 2.75) is 45.8 Å². The zero-order valence-corrected chi connectivity index (χ0v) is 17.8. The van der Waals surface area contributed by atoms with Crippen LogP contribution in [0.4, 0.5) is 13.2 Å². The highest BCUT2D eigenvalue weighted by Crippen LogP contribution is 2.33. The number of halogens is 3. The van der Waals surface area contributed by atoms with Gasteiger partial charge in [0.25, 0.3) is 5.91 Å². The lowest BCUT2D eigenvalue weighted by Gasteiger charge is -2.37. The molecule has 1 aromatic rings. The van der Waals surface area contributed by atoms with Gasteiger partial charge in [-0.05, 0) is 70.7 Å². The van der Waals surface area contributed by atoms with Crippen LogP contribution in [0.25, 0.3) is 0 Å². The Balaban J connectivity index is 1.70. The van der Waals surface area contributed by atoms with E-state index in [1.165, 1.54) is 6.07 Å². The Kier molecular flexibility index (Phi) is 8.11. The minimum atomic E-state index is -3.16. The minimum absolute atomic E-state index is 0.0115.